The molecule has 0 aliphatic heterocycles. The summed E-state index contributed by atoms with van der Waals surface area (Å²) in [4.78, 5) is 28.1. The van der Waals surface area contributed by atoms with Gasteiger partial charge in [-0.05, 0) is 60.4 Å². The van der Waals surface area contributed by atoms with Crippen LogP contribution in [0.3, 0.4) is 0 Å². The number of sulfonamides is 1. The molecular weight excluding hydrogens is 505 g/mol. The van der Waals surface area contributed by atoms with Crippen LogP contribution in [0.25, 0.3) is 10.8 Å². The van der Waals surface area contributed by atoms with Crippen LogP contribution in [0.1, 0.15) is 44.6 Å². The Morgan fingerprint density at radius 3 is 2.32 bits per heavy atom. The number of nitrogens with zero attached hydrogens (tertiary/aromatic N) is 2. The van der Waals surface area contributed by atoms with Gasteiger partial charge in [-0.15, -0.1) is 0 Å². The molecule has 1 fully saturated rings. The molecule has 0 bridgehead atoms. The van der Waals surface area contributed by atoms with E-state index in [0.29, 0.717) is 5.56 Å². The number of hydrogen-bond donors (Lipinski definition) is 1. The summed E-state index contributed by atoms with van der Waals surface area (Å²) < 4.78 is 41.1. The Morgan fingerprint density at radius 1 is 0.974 bits per heavy atom. The summed E-state index contributed by atoms with van der Waals surface area (Å²) >= 11 is 0. The van der Waals surface area contributed by atoms with Gasteiger partial charge in [-0.2, -0.15) is 4.31 Å². The predicted molar refractivity (Wildman–Crippen MR) is 145 cm³/mol. The van der Waals surface area contributed by atoms with Gasteiger partial charge in [0.15, 0.2) is 0 Å². The number of amides is 2. The highest BCUT2D eigenvalue weighted by molar-refractivity contribution is 7.89. The van der Waals surface area contributed by atoms with Crippen molar-refractivity contribution in [3.05, 3.63) is 78.1 Å². The van der Waals surface area contributed by atoms with Gasteiger partial charge in [0.2, 0.25) is 21.8 Å². The van der Waals surface area contributed by atoms with Gasteiger partial charge in [0, 0.05) is 19.6 Å². The Morgan fingerprint density at radius 2 is 1.63 bits per heavy atom. The highest BCUT2D eigenvalue weighted by Crippen LogP contribution is 2.22. The first kappa shape index (κ1) is 27.7. The van der Waals surface area contributed by atoms with Crippen LogP contribution in [-0.4, -0.2) is 55.1 Å². The van der Waals surface area contributed by atoms with E-state index in [2.05, 4.69) is 5.32 Å². The molecule has 1 saturated carbocycles. The Balaban J connectivity index is 1.53. The summed E-state index contributed by atoms with van der Waals surface area (Å²) in [6.45, 7) is 1.23. The molecule has 1 aliphatic rings. The molecule has 38 heavy (non-hydrogen) atoms. The number of likely N-dealkylation sites (N-methyl/N-ethyl adjacent to an activating group) is 1. The average molecular weight is 540 g/mol. The van der Waals surface area contributed by atoms with E-state index in [1.165, 1.54) is 30.1 Å². The number of benzene rings is 3. The number of nitrogens with one attached hydrogen (secondary N) is 1. The number of halogens is 1. The van der Waals surface area contributed by atoms with Crippen LogP contribution >= 0.6 is 0 Å². The van der Waals surface area contributed by atoms with Gasteiger partial charge >= 0.3 is 0 Å². The van der Waals surface area contributed by atoms with E-state index in [1.807, 2.05) is 24.3 Å². The Bertz CT molecular complexity index is 1390. The summed E-state index contributed by atoms with van der Waals surface area (Å²) in [6, 6.07) is 17.2. The fourth-order valence-corrected chi connectivity index (χ4v) is 5.97. The van der Waals surface area contributed by atoms with E-state index >= 15 is 0 Å². The molecular formula is C29H34FN3O4S. The zero-order valence-electron chi connectivity index (χ0n) is 21.8. The number of fused-ring (bicyclic) bond motifs is 1. The summed E-state index contributed by atoms with van der Waals surface area (Å²) in [7, 11) is -2.62. The van der Waals surface area contributed by atoms with Crippen LogP contribution in [0.2, 0.25) is 0 Å². The van der Waals surface area contributed by atoms with E-state index in [9.17, 15) is 22.4 Å². The van der Waals surface area contributed by atoms with Crippen molar-refractivity contribution >= 4 is 32.6 Å². The van der Waals surface area contributed by atoms with Crippen molar-refractivity contribution in [2.45, 2.75) is 62.6 Å². The van der Waals surface area contributed by atoms with Gasteiger partial charge in [0.25, 0.3) is 0 Å². The van der Waals surface area contributed by atoms with Crippen molar-refractivity contribution < 1.29 is 22.4 Å². The number of carbonyl (C=O) groups excluding carboxylic acids is 2. The smallest absolute Gasteiger partial charge is 0.243 e. The lowest BCUT2D eigenvalue weighted by Gasteiger charge is -2.32. The second-order valence-corrected chi connectivity index (χ2v) is 12.0. The second kappa shape index (κ2) is 12.0. The van der Waals surface area contributed by atoms with E-state index in [0.717, 1.165) is 47.2 Å². The summed E-state index contributed by atoms with van der Waals surface area (Å²) in [5, 5.41) is 4.74. The van der Waals surface area contributed by atoms with Crippen molar-refractivity contribution in [1.82, 2.24) is 14.5 Å². The molecule has 3 aromatic carbocycles. The first-order chi connectivity index (χ1) is 18.1. The quantitative estimate of drug-likeness (QED) is 0.435. The molecule has 0 saturated heterocycles. The Labute approximate surface area is 223 Å². The first-order valence-corrected chi connectivity index (χ1v) is 14.4. The Kier molecular flexibility index (Phi) is 8.79. The minimum absolute atomic E-state index is 0.0439. The zero-order valence-corrected chi connectivity index (χ0v) is 22.6. The van der Waals surface area contributed by atoms with Crippen molar-refractivity contribution in [1.29, 1.82) is 0 Å². The fraction of sp³-hybridized carbons (Fsp3) is 0.379. The monoisotopic (exact) mass is 539 g/mol. The van der Waals surface area contributed by atoms with E-state index < -0.39 is 34.3 Å². The van der Waals surface area contributed by atoms with Crippen molar-refractivity contribution in [3.63, 3.8) is 0 Å². The van der Waals surface area contributed by atoms with Crippen molar-refractivity contribution in [2.24, 2.45) is 0 Å². The van der Waals surface area contributed by atoms with E-state index in [-0.39, 0.29) is 23.4 Å². The highest BCUT2D eigenvalue weighted by atomic mass is 32.2. The molecule has 3 aromatic rings. The minimum Gasteiger partial charge on any atom is -0.352 e. The molecule has 0 aromatic heterocycles. The maximum absolute atomic E-state index is 13.5. The van der Waals surface area contributed by atoms with Gasteiger partial charge < -0.3 is 10.2 Å². The zero-order chi connectivity index (χ0) is 27.3. The molecule has 202 valence electrons. The third-order valence-corrected chi connectivity index (χ3v) is 8.97. The lowest BCUT2D eigenvalue weighted by atomic mass is 9.95. The fourth-order valence-electron chi connectivity index (χ4n) is 4.81. The van der Waals surface area contributed by atoms with Crippen molar-refractivity contribution in [3.8, 4) is 0 Å². The Hall–Kier alpha value is -3.30. The standard InChI is InChI=1S/C29H34FN3O4S/c1-21(29(35)31-26-10-4-3-5-11-26)33(19-22-12-15-25(30)16-13-22)28(34)20-32(2)38(36,37)27-17-14-23-8-6-7-9-24(23)18-27/h6-9,12-18,21,26H,3-5,10-11,19-20H2,1-2H3,(H,31,35)/t21-/m1/s1. The summed E-state index contributed by atoms with van der Waals surface area (Å²) in [5.74, 6) is -1.21. The lowest BCUT2D eigenvalue weighted by Crippen LogP contribution is -2.52. The van der Waals surface area contributed by atoms with Crippen molar-refractivity contribution in [2.75, 3.05) is 13.6 Å². The molecule has 2 amide bonds. The van der Waals surface area contributed by atoms with Gasteiger partial charge in [-0.1, -0.05) is 61.7 Å². The maximum atomic E-state index is 13.5. The van der Waals surface area contributed by atoms with Gasteiger partial charge in [-0.25, -0.2) is 12.8 Å². The molecule has 7 nitrogen and oxygen atoms in total. The molecule has 1 atom stereocenters. The van der Waals surface area contributed by atoms with Crippen LogP contribution < -0.4 is 5.32 Å². The first-order valence-electron chi connectivity index (χ1n) is 12.9. The number of hydrogen-bond acceptors (Lipinski definition) is 4. The number of rotatable bonds is 9. The van der Waals surface area contributed by atoms with Gasteiger partial charge in [0.1, 0.15) is 11.9 Å². The molecule has 1 N–H and O–H groups in total. The van der Waals surface area contributed by atoms with Crippen LogP contribution in [0.5, 0.6) is 0 Å². The van der Waals surface area contributed by atoms with Gasteiger partial charge in [-0.3, -0.25) is 9.59 Å². The molecule has 0 radical (unpaired) electrons. The third kappa shape index (κ3) is 6.57. The van der Waals surface area contributed by atoms with Crippen LogP contribution in [-0.2, 0) is 26.2 Å². The van der Waals surface area contributed by atoms with E-state index in [4.69, 9.17) is 0 Å². The van der Waals surface area contributed by atoms with Crippen LogP contribution in [0, 0.1) is 5.82 Å². The average Bonchev–Trinajstić information content (AvgIpc) is 2.92. The topological polar surface area (TPSA) is 86.8 Å². The van der Waals surface area contributed by atoms with Crippen LogP contribution in [0.4, 0.5) is 4.39 Å². The molecule has 1 aliphatic carbocycles. The second-order valence-electron chi connectivity index (χ2n) is 9.94. The van der Waals surface area contributed by atoms with Crippen LogP contribution in [0.15, 0.2) is 71.6 Å². The highest BCUT2D eigenvalue weighted by Gasteiger charge is 2.31. The normalized spacial score (nSPS) is 15.4. The molecule has 0 spiro atoms. The largest absolute Gasteiger partial charge is 0.352 e. The van der Waals surface area contributed by atoms with E-state index in [1.54, 1.807) is 31.2 Å². The number of carbonyl (C=O) groups is 2. The third-order valence-electron chi connectivity index (χ3n) is 7.17. The molecule has 9 heteroatoms. The molecule has 4 rings (SSSR count). The SMILES string of the molecule is C[C@H](C(=O)NC1CCCCC1)N(Cc1ccc(F)cc1)C(=O)CN(C)S(=O)(=O)c1ccc2ccccc2c1. The molecule has 0 heterocycles. The summed E-state index contributed by atoms with van der Waals surface area (Å²) in [6.07, 6.45) is 5.05. The minimum atomic E-state index is -3.97. The lowest BCUT2D eigenvalue weighted by molar-refractivity contribution is -0.141. The maximum Gasteiger partial charge on any atom is 0.243 e. The summed E-state index contributed by atoms with van der Waals surface area (Å²) in [5.41, 5.74) is 0.636. The van der Waals surface area contributed by atoms with Gasteiger partial charge in [0.05, 0.1) is 11.4 Å². The predicted octanol–water partition coefficient (Wildman–Crippen LogP) is 4.47. The molecule has 0 unspecified atom stereocenters.